The first-order valence-corrected chi connectivity index (χ1v) is 7.48. The van der Waals surface area contributed by atoms with Crippen LogP contribution in [0.15, 0.2) is 17.0 Å². The molecule has 0 bridgehead atoms. The van der Waals surface area contributed by atoms with Crippen LogP contribution in [0.4, 0.5) is 0 Å². The van der Waals surface area contributed by atoms with Crippen LogP contribution in [0.3, 0.4) is 0 Å². The van der Waals surface area contributed by atoms with Gasteiger partial charge in [0.1, 0.15) is 5.75 Å². The van der Waals surface area contributed by atoms with E-state index in [9.17, 15) is 8.42 Å². The SMILES string of the molecule is CC[C@H](C)NS(=O)(=O)c1ccc(OC)c(C)c1C. The van der Waals surface area contributed by atoms with Gasteiger partial charge in [-0.3, -0.25) is 0 Å². The van der Waals surface area contributed by atoms with Crippen molar-refractivity contribution >= 4 is 10.0 Å². The lowest BCUT2D eigenvalue weighted by molar-refractivity contribution is 0.410. The first-order valence-electron chi connectivity index (χ1n) is 6.00. The van der Waals surface area contributed by atoms with E-state index in [1.54, 1.807) is 26.2 Å². The molecule has 1 rings (SSSR count). The Hall–Kier alpha value is -1.07. The number of hydrogen-bond acceptors (Lipinski definition) is 3. The summed E-state index contributed by atoms with van der Waals surface area (Å²) >= 11 is 0. The van der Waals surface area contributed by atoms with Gasteiger partial charge in [-0.15, -0.1) is 0 Å². The van der Waals surface area contributed by atoms with Crippen molar-refractivity contribution in [1.82, 2.24) is 4.72 Å². The van der Waals surface area contributed by atoms with Crippen molar-refractivity contribution in [1.29, 1.82) is 0 Å². The van der Waals surface area contributed by atoms with Crippen molar-refractivity contribution in [2.24, 2.45) is 0 Å². The van der Waals surface area contributed by atoms with Crippen molar-refractivity contribution in [2.75, 3.05) is 7.11 Å². The molecule has 0 fully saturated rings. The van der Waals surface area contributed by atoms with Gasteiger partial charge in [-0.05, 0) is 50.5 Å². The van der Waals surface area contributed by atoms with Gasteiger partial charge in [-0.2, -0.15) is 0 Å². The molecule has 0 saturated carbocycles. The summed E-state index contributed by atoms with van der Waals surface area (Å²) in [5.41, 5.74) is 1.58. The topological polar surface area (TPSA) is 55.4 Å². The van der Waals surface area contributed by atoms with Crippen LogP contribution in [0.25, 0.3) is 0 Å². The van der Waals surface area contributed by atoms with Crippen LogP contribution in [0, 0.1) is 13.8 Å². The molecule has 0 unspecified atom stereocenters. The summed E-state index contributed by atoms with van der Waals surface area (Å²) in [6.07, 6.45) is 0.757. The first-order chi connectivity index (χ1) is 8.33. The summed E-state index contributed by atoms with van der Waals surface area (Å²) in [5, 5.41) is 0. The van der Waals surface area contributed by atoms with E-state index >= 15 is 0 Å². The second kappa shape index (κ2) is 5.71. The quantitative estimate of drug-likeness (QED) is 0.894. The van der Waals surface area contributed by atoms with Gasteiger partial charge in [0.25, 0.3) is 0 Å². The summed E-state index contributed by atoms with van der Waals surface area (Å²) in [6, 6.07) is 3.20. The molecule has 1 atom stereocenters. The minimum Gasteiger partial charge on any atom is -0.496 e. The number of nitrogens with one attached hydrogen (secondary N) is 1. The van der Waals surface area contributed by atoms with Crippen molar-refractivity contribution in [3.05, 3.63) is 23.3 Å². The van der Waals surface area contributed by atoms with Gasteiger partial charge < -0.3 is 4.74 Å². The number of rotatable bonds is 5. The highest BCUT2D eigenvalue weighted by atomic mass is 32.2. The number of benzene rings is 1. The maximum absolute atomic E-state index is 12.2. The van der Waals surface area contributed by atoms with Crippen LogP contribution < -0.4 is 9.46 Å². The highest BCUT2D eigenvalue weighted by molar-refractivity contribution is 7.89. The maximum atomic E-state index is 12.2. The molecule has 4 nitrogen and oxygen atoms in total. The Bertz CT molecular complexity index is 523. The monoisotopic (exact) mass is 271 g/mol. The first kappa shape index (κ1) is 15.0. The molecule has 0 heterocycles. The lowest BCUT2D eigenvalue weighted by atomic mass is 10.1. The molecule has 0 radical (unpaired) electrons. The van der Waals surface area contributed by atoms with Crippen molar-refractivity contribution in [3.8, 4) is 5.75 Å². The van der Waals surface area contributed by atoms with E-state index < -0.39 is 10.0 Å². The Morgan fingerprint density at radius 3 is 2.39 bits per heavy atom. The van der Waals surface area contributed by atoms with Gasteiger partial charge in [0, 0.05) is 6.04 Å². The third kappa shape index (κ3) is 3.03. The number of hydrogen-bond donors (Lipinski definition) is 1. The van der Waals surface area contributed by atoms with Crippen LogP contribution in [-0.4, -0.2) is 21.6 Å². The van der Waals surface area contributed by atoms with Crippen molar-refractivity contribution in [2.45, 2.75) is 45.1 Å². The lowest BCUT2D eigenvalue weighted by Gasteiger charge is -2.16. The largest absolute Gasteiger partial charge is 0.496 e. The summed E-state index contributed by atoms with van der Waals surface area (Å²) in [5.74, 6) is 0.704. The summed E-state index contributed by atoms with van der Waals surface area (Å²) in [7, 11) is -1.88. The smallest absolute Gasteiger partial charge is 0.241 e. The normalized spacial score (nSPS) is 13.4. The van der Waals surface area contributed by atoms with E-state index in [2.05, 4.69) is 4.72 Å². The maximum Gasteiger partial charge on any atom is 0.241 e. The molecule has 1 N–H and O–H groups in total. The second-order valence-corrected chi connectivity index (χ2v) is 6.13. The fraction of sp³-hybridized carbons (Fsp3) is 0.538. The highest BCUT2D eigenvalue weighted by Crippen LogP contribution is 2.26. The highest BCUT2D eigenvalue weighted by Gasteiger charge is 2.20. The number of ether oxygens (including phenoxy) is 1. The summed E-state index contributed by atoms with van der Waals surface area (Å²) in [6.45, 7) is 7.45. The van der Waals surface area contributed by atoms with E-state index in [0.717, 1.165) is 17.5 Å². The third-order valence-corrected chi connectivity index (χ3v) is 4.90. The van der Waals surface area contributed by atoms with Crippen LogP contribution in [0.1, 0.15) is 31.4 Å². The van der Waals surface area contributed by atoms with Gasteiger partial charge in [0.05, 0.1) is 12.0 Å². The Morgan fingerprint density at radius 2 is 1.89 bits per heavy atom. The molecule has 0 aromatic heterocycles. The molecule has 0 amide bonds. The summed E-state index contributed by atoms with van der Waals surface area (Å²) < 4.78 is 32.3. The molecule has 18 heavy (non-hydrogen) atoms. The van der Waals surface area contributed by atoms with Gasteiger partial charge in [0.2, 0.25) is 10.0 Å². The molecule has 102 valence electrons. The molecule has 5 heteroatoms. The average Bonchev–Trinajstić information content (AvgIpc) is 2.31. The lowest BCUT2D eigenvalue weighted by Crippen LogP contribution is -2.32. The minimum absolute atomic E-state index is 0.0724. The number of methoxy groups -OCH3 is 1. The zero-order valence-electron chi connectivity index (χ0n) is 11.6. The van der Waals surface area contributed by atoms with Crippen LogP contribution >= 0.6 is 0 Å². The molecule has 1 aromatic rings. The van der Waals surface area contributed by atoms with E-state index in [0.29, 0.717) is 10.6 Å². The van der Waals surface area contributed by atoms with Gasteiger partial charge in [0.15, 0.2) is 0 Å². The summed E-state index contributed by atoms with van der Waals surface area (Å²) in [4.78, 5) is 0.320. The molecule has 0 aliphatic heterocycles. The molecule has 0 aliphatic carbocycles. The average molecular weight is 271 g/mol. The third-order valence-electron chi connectivity index (χ3n) is 3.17. The Morgan fingerprint density at radius 1 is 1.28 bits per heavy atom. The van der Waals surface area contributed by atoms with Gasteiger partial charge in [-0.25, -0.2) is 13.1 Å². The molecule has 1 aromatic carbocycles. The van der Waals surface area contributed by atoms with Gasteiger partial charge in [-0.1, -0.05) is 6.92 Å². The fourth-order valence-electron chi connectivity index (χ4n) is 1.69. The van der Waals surface area contributed by atoms with Crippen LogP contribution in [0.2, 0.25) is 0 Å². The van der Waals surface area contributed by atoms with E-state index in [-0.39, 0.29) is 6.04 Å². The van der Waals surface area contributed by atoms with Crippen molar-refractivity contribution < 1.29 is 13.2 Å². The minimum atomic E-state index is -3.46. The molecule has 0 aliphatic rings. The molecular weight excluding hydrogens is 250 g/mol. The standard InChI is InChI=1S/C13H21NO3S/c1-6-9(2)14-18(15,16)13-8-7-12(17-5)10(3)11(13)4/h7-9,14H,6H2,1-5H3/t9-/m0/s1. The predicted octanol–water partition coefficient (Wildman–Crippen LogP) is 2.39. The van der Waals surface area contributed by atoms with E-state index in [1.807, 2.05) is 20.8 Å². The van der Waals surface area contributed by atoms with E-state index in [4.69, 9.17) is 4.74 Å². The zero-order chi connectivity index (χ0) is 13.9. The van der Waals surface area contributed by atoms with Crippen LogP contribution in [0.5, 0.6) is 5.75 Å². The molecular formula is C13H21NO3S. The Kier molecular flexibility index (Phi) is 4.76. The molecule has 0 saturated heterocycles. The predicted molar refractivity (Wildman–Crippen MR) is 72.5 cm³/mol. The Balaban J connectivity index is 3.22. The molecule has 0 spiro atoms. The second-order valence-electron chi connectivity index (χ2n) is 4.45. The number of sulfonamides is 1. The van der Waals surface area contributed by atoms with Crippen LogP contribution in [-0.2, 0) is 10.0 Å². The van der Waals surface area contributed by atoms with E-state index in [1.165, 1.54) is 0 Å². The zero-order valence-corrected chi connectivity index (χ0v) is 12.4. The van der Waals surface area contributed by atoms with Gasteiger partial charge >= 0.3 is 0 Å². The Labute approximate surface area is 109 Å². The van der Waals surface area contributed by atoms with Crippen molar-refractivity contribution in [3.63, 3.8) is 0 Å². The fourth-order valence-corrected chi connectivity index (χ4v) is 3.32.